The number of hydrogen-bond acceptors (Lipinski definition) is 8. The monoisotopic (exact) mass is 616 g/mol. The zero-order chi connectivity index (χ0) is 31.0. The number of thiazole rings is 1. The average Bonchev–Trinajstić information content (AvgIpc) is 3.79. The molecular weight excluding hydrogens is 584 g/mol. The second-order valence-corrected chi connectivity index (χ2v) is 11.9. The number of nitrogens with zero attached hydrogens (tertiary/aromatic N) is 4. The first-order valence-corrected chi connectivity index (χ1v) is 15.3. The summed E-state index contributed by atoms with van der Waals surface area (Å²) in [5.74, 6) is -0.754. The largest absolute Gasteiger partial charge is 0.488 e. The number of carbonyl (C=O) groups excluding carboxylic acids is 5. The summed E-state index contributed by atoms with van der Waals surface area (Å²) >= 11 is 1.29. The molecule has 2 aromatic carbocycles. The third-order valence-corrected chi connectivity index (χ3v) is 9.08. The van der Waals surface area contributed by atoms with Crippen LogP contribution in [0, 0.1) is 0 Å². The maximum absolute atomic E-state index is 13.8. The van der Waals surface area contributed by atoms with Crippen LogP contribution in [0.4, 0.5) is 4.79 Å². The molecule has 44 heavy (non-hydrogen) atoms. The fourth-order valence-corrected chi connectivity index (χ4v) is 6.70. The number of amides is 6. The van der Waals surface area contributed by atoms with E-state index in [4.69, 9.17) is 4.74 Å². The molecule has 1 aromatic heterocycles. The Morgan fingerprint density at radius 1 is 1.07 bits per heavy atom. The molecule has 1 saturated heterocycles. The lowest BCUT2D eigenvalue weighted by Crippen LogP contribution is -2.53. The Balaban J connectivity index is 1.31. The van der Waals surface area contributed by atoms with Gasteiger partial charge in [-0.3, -0.25) is 29.1 Å². The highest BCUT2D eigenvalue weighted by molar-refractivity contribution is 7.11. The van der Waals surface area contributed by atoms with Gasteiger partial charge < -0.3 is 25.2 Å². The molecule has 3 aliphatic heterocycles. The van der Waals surface area contributed by atoms with Crippen LogP contribution in [0.5, 0.6) is 5.75 Å². The Morgan fingerprint density at radius 3 is 2.50 bits per heavy atom. The van der Waals surface area contributed by atoms with Crippen LogP contribution in [-0.2, 0) is 11.2 Å². The van der Waals surface area contributed by atoms with Crippen molar-refractivity contribution in [1.29, 1.82) is 0 Å². The quantitative estimate of drug-likeness (QED) is 0.389. The van der Waals surface area contributed by atoms with Crippen molar-refractivity contribution < 1.29 is 28.7 Å². The van der Waals surface area contributed by atoms with Gasteiger partial charge in [-0.15, -0.1) is 11.3 Å². The highest BCUT2D eigenvalue weighted by Gasteiger charge is 2.42. The maximum Gasteiger partial charge on any atom is 0.315 e. The molecule has 6 amide bonds. The summed E-state index contributed by atoms with van der Waals surface area (Å²) in [5, 5.41) is 5.10. The Kier molecular flexibility index (Phi) is 8.04. The molecule has 6 rings (SSSR count). The van der Waals surface area contributed by atoms with Crippen molar-refractivity contribution in [2.75, 3.05) is 33.2 Å². The molecule has 4 heterocycles. The molecule has 0 spiro atoms. The number of benzene rings is 2. The Bertz CT molecular complexity index is 1590. The number of imide groups is 1. The molecular formula is C31H32N6O6S. The number of aromatic nitrogens is 1. The van der Waals surface area contributed by atoms with Crippen LogP contribution in [0.3, 0.4) is 0 Å². The molecule has 228 valence electrons. The van der Waals surface area contributed by atoms with Crippen molar-refractivity contribution in [3.8, 4) is 5.75 Å². The first kappa shape index (κ1) is 29.3. The molecule has 0 aliphatic carbocycles. The molecule has 3 atom stereocenters. The van der Waals surface area contributed by atoms with Crippen LogP contribution < -0.4 is 15.4 Å². The van der Waals surface area contributed by atoms with Gasteiger partial charge in [0.25, 0.3) is 17.7 Å². The van der Waals surface area contributed by atoms with E-state index in [2.05, 4.69) is 15.6 Å². The fraction of sp³-hybridized carbons (Fsp3) is 0.355. The van der Waals surface area contributed by atoms with E-state index in [9.17, 15) is 24.0 Å². The summed E-state index contributed by atoms with van der Waals surface area (Å²) < 4.78 is 6.54. The Morgan fingerprint density at radius 2 is 1.82 bits per heavy atom. The highest BCUT2D eigenvalue weighted by Crippen LogP contribution is 2.40. The van der Waals surface area contributed by atoms with E-state index in [1.165, 1.54) is 23.3 Å². The van der Waals surface area contributed by atoms with Gasteiger partial charge in [0, 0.05) is 32.1 Å². The minimum absolute atomic E-state index is 0.0845. The summed E-state index contributed by atoms with van der Waals surface area (Å²) in [4.78, 5) is 74.7. The zero-order valence-corrected chi connectivity index (χ0v) is 25.1. The van der Waals surface area contributed by atoms with E-state index in [-0.39, 0.29) is 24.5 Å². The van der Waals surface area contributed by atoms with Crippen molar-refractivity contribution in [3.63, 3.8) is 0 Å². The SMILES string of the molecule is CNC(=O)NC(C)C(=O)N1CCc2cccc(O[C@H]3CCN(C(=O)c4cncs4)C3)c2[C@H]1CN1C(=O)c2ccccc2C1=O. The van der Waals surface area contributed by atoms with E-state index in [1.807, 2.05) is 18.2 Å². The smallest absolute Gasteiger partial charge is 0.315 e. The van der Waals surface area contributed by atoms with Gasteiger partial charge in [0.15, 0.2) is 0 Å². The third-order valence-electron chi connectivity index (χ3n) is 8.32. The van der Waals surface area contributed by atoms with Gasteiger partial charge in [0.1, 0.15) is 22.8 Å². The normalized spacial score (nSPS) is 19.8. The van der Waals surface area contributed by atoms with Crippen LogP contribution in [0.1, 0.15) is 60.9 Å². The standard InChI is InChI=1S/C31H32N6O6S/c1-18(34-31(42)32-2)27(38)36-13-10-19-6-5-9-24(43-20-11-12-35(15-20)30(41)25-14-33-17-44-25)26(19)23(36)16-37-28(39)21-7-3-4-8-22(21)29(37)40/h3-9,14,17-18,20,23H,10-13,15-16H2,1-2H3,(H2,32,34,42)/t18?,20-,23+/m0/s1. The summed E-state index contributed by atoms with van der Waals surface area (Å²) in [7, 11) is 1.47. The predicted octanol–water partition coefficient (Wildman–Crippen LogP) is 2.48. The lowest BCUT2D eigenvalue weighted by atomic mass is 9.90. The van der Waals surface area contributed by atoms with Gasteiger partial charge in [0.05, 0.1) is 42.0 Å². The topological polar surface area (TPSA) is 141 Å². The first-order valence-electron chi connectivity index (χ1n) is 14.5. The van der Waals surface area contributed by atoms with Crippen LogP contribution in [0.25, 0.3) is 0 Å². The second kappa shape index (κ2) is 12.1. The Labute approximate surface area is 258 Å². The first-order chi connectivity index (χ1) is 21.3. The van der Waals surface area contributed by atoms with E-state index in [0.717, 1.165) is 5.56 Å². The van der Waals surface area contributed by atoms with Crippen LogP contribution in [0.2, 0.25) is 0 Å². The number of fused-ring (bicyclic) bond motifs is 2. The minimum Gasteiger partial charge on any atom is -0.488 e. The molecule has 2 N–H and O–H groups in total. The number of urea groups is 1. The van der Waals surface area contributed by atoms with Crippen LogP contribution in [-0.4, -0.2) is 94.7 Å². The third kappa shape index (κ3) is 5.39. The summed E-state index contributed by atoms with van der Waals surface area (Å²) in [6, 6.07) is 10.2. The lowest BCUT2D eigenvalue weighted by Gasteiger charge is -2.41. The van der Waals surface area contributed by atoms with Crippen molar-refractivity contribution in [1.82, 2.24) is 30.3 Å². The van der Waals surface area contributed by atoms with Crippen LogP contribution in [0.15, 0.2) is 54.2 Å². The molecule has 3 aromatic rings. The number of hydrogen-bond donors (Lipinski definition) is 2. The maximum atomic E-state index is 13.8. The van der Waals surface area contributed by atoms with Gasteiger partial charge in [0.2, 0.25) is 5.91 Å². The lowest BCUT2D eigenvalue weighted by molar-refractivity contribution is -0.136. The average molecular weight is 617 g/mol. The van der Waals surface area contributed by atoms with Crippen LogP contribution >= 0.6 is 11.3 Å². The zero-order valence-electron chi connectivity index (χ0n) is 24.3. The molecule has 0 bridgehead atoms. The van der Waals surface area contributed by atoms with Crippen molar-refractivity contribution >= 4 is 41.0 Å². The number of rotatable bonds is 7. The van der Waals surface area contributed by atoms with Crippen molar-refractivity contribution in [3.05, 3.63) is 81.3 Å². The summed E-state index contributed by atoms with van der Waals surface area (Å²) in [6.07, 6.45) is 2.40. The summed E-state index contributed by atoms with van der Waals surface area (Å²) in [5.41, 5.74) is 3.92. The predicted molar refractivity (Wildman–Crippen MR) is 161 cm³/mol. The number of nitrogens with one attached hydrogen (secondary N) is 2. The highest BCUT2D eigenvalue weighted by atomic mass is 32.1. The van der Waals surface area contributed by atoms with E-state index in [0.29, 0.717) is 59.8 Å². The van der Waals surface area contributed by atoms with E-state index in [1.54, 1.807) is 52.7 Å². The number of ether oxygens (including phenoxy) is 1. The minimum atomic E-state index is -0.865. The molecule has 1 fully saturated rings. The van der Waals surface area contributed by atoms with Gasteiger partial charge in [-0.25, -0.2) is 4.79 Å². The number of carbonyl (C=O) groups is 5. The Hall–Kier alpha value is -4.78. The fourth-order valence-electron chi connectivity index (χ4n) is 6.12. The second-order valence-electron chi connectivity index (χ2n) is 11.0. The van der Waals surface area contributed by atoms with Gasteiger partial charge in [-0.2, -0.15) is 0 Å². The van der Waals surface area contributed by atoms with Crippen molar-refractivity contribution in [2.45, 2.75) is 38.0 Å². The van der Waals surface area contributed by atoms with Gasteiger partial charge in [-0.1, -0.05) is 24.3 Å². The van der Waals surface area contributed by atoms with E-state index < -0.39 is 29.9 Å². The van der Waals surface area contributed by atoms with Crippen molar-refractivity contribution in [2.24, 2.45) is 0 Å². The van der Waals surface area contributed by atoms with Gasteiger partial charge in [-0.05, 0) is 37.1 Å². The summed E-state index contributed by atoms with van der Waals surface area (Å²) in [6.45, 7) is 2.76. The molecule has 13 heteroatoms. The molecule has 12 nitrogen and oxygen atoms in total. The van der Waals surface area contributed by atoms with Gasteiger partial charge >= 0.3 is 6.03 Å². The van der Waals surface area contributed by atoms with E-state index >= 15 is 0 Å². The number of likely N-dealkylation sites (tertiary alicyclic amines) is 1. The molecule has 3 aliphatic rings. The molecule has 1 unspecified atom stereocenters. The molecule has 0 saturated carbocycles. The molecule has 0 radical (unpaired) electrons.